The molecule has 6 nitrogen and oxygen atoms in total. The Morgan fingerprint density at radius 1 is 1.29 bits per heavy atom. The quantitative estimate of drug-likeness (QED) is 0.600. The van der Waals surface area contributed by atoms with E-state index in [2.05, 4.69) is 15.3 Å². The summed E-state index contributed by atoms with van der Waals surface area (Å²) in [6, 6.07) is 10.5. The Hall–Kier alpha value is -2.90. The number of pyridine rings is 1. The van der Waals surface area contributed by atoms with E-state index in [1.165, 1.54) is 6.20 Å². The number of anilines is 1. The van der Waals surface area contributed by atoms with Gasteiger partial charge in [0.2, 0.25) is 5.88 Å². The number of nitrogens with zero attached hydrogens (tertiary/aromatic N) is 2. The molecule has 2 aromatic rings. The minimum Gasteiger partial charge on any atom is -0.497 e. The molecule has 0 aliphatic carbocycles. The fourth-order valence-electron chi connectivity index (χ4n) is 1.81. The molecule has 8 heteroatoms. The summed E-state index contributed by atoms with van der Waals surface area (Å²) in [5, 5.41) is 2.94. The normalized spacial score (nSPS) is 11.4. The highest BCUT2D eigenvalue weighted by Crippen LogP contribution is 2.15. The van der Waals surface area contributed by atoms with Gasteiger partial charge < -0.3 is 20.5 Å². The van der Waals surface area contributed by atoms with Gasteiger partial charge in [0, 0.05) is 18.0 Å². The molecule has 0 saturated carbocycles. The predicted molar refractivity (Wildman–Crippen MR) is 87.7 cm³/mol. The minimum absolute atomic E-state index is 0.129. The van der Waals surface area contributed by atoms with Gasteiger partial charge in [-0.3, -0.25) is 0 Å². The third-order valence-corrected chi connectivity index (χ3v) is 2.95. The number of nitrogens with one attached hydrogen (secondary N) is 1. The molecule has 0 bridgehead atoms. The molecule has 0 spiro atoms. The summed E-state index contributed by atoms with van der Waals surface area (Å²) < 4.78 is 34.2. The van der Waals surface area contributed by atoms with Crippen LogP contribution in [0.4, 0.5) is 14.5 Å². The van der Waals surface area contributed by atoms with Crippen LogP contribution in [0.2, 0.25) is 0 Å². The Labute approximate surface area is 138 Å². The molecule has 3 N–H and O–H groups in total. The highest BCUT2D eigenvalue weighted by atomic mass is 19.3. The van der Waals surface area contributed by atoms with Crippen LogP contribution < -0.4 is 20.5 Å². The maximum Gasteiger partial charge on any atom is 0.272 e. The van der Waals surface area contributed by atoms with Gasteiger partial charge in [0.25, 0.3) is 6.43 Å². The van der Waals surface area contributed by atoms with Crippen LogP contribution >= 0.6 is 0 Å². The second-order valence-electron chi connectivity index (χ2n) is 4.76. The van der Waals surface area contributed by atoms with Crippen molar-refractivity contribution in [2.75, 3.05) is 19.0 Å². The number of aromatic nitrogens is 1. The zero-order valence-electron chi connectivity index (χ0n) is 13.1. The van der Waals surface area contributed by atoms with Crippen LogP contribution in [0.15, 0.2) is 47.6 Å². The van der Waals surface area contributed by atoms with E-state index in [0.717, 1.165) is 17.0 Å². The smallest absolute Gasteiger partial charge is 0.272 e. The third kappa shape index (κ3) is 5.71. The minimum atomic E-state index is -2.54. The fourth-order valence-corrected chi connectivity index (χ4v) is 1.81. The molecule has 1 aromatic carbocycles. The topological polar surface area (TPSA) is 81.8 Å². The summed E-state index contributed by atoms with van der Waals surface area (Å²) >= 11 is 0. The van der Waals surface area contributed by atoms with E-state index in [9.17, 15) is 8.78 Å². The molecule has 0 fully saturated rings. The summed E-state index contributed by atoms with van der Waals surface area (Å²) in [5.41, 5.74) is 7.34. The number of hydrogen-bond donors (Lipinski definition) is 2. The molecule has 0 radical (unpaired) electrons. The summed E-state index contributed by atoms with van der Waals surface area (Å²) in [7, 11) is 1.59. The number of nitrogens with two attached hydrogens (primary N) is 1. The van der Waals surface area contributed by atoms with Crippen LogP contribution in [-0.4, -0.2) is 31.1 Å². The first kappa shape index (κ1) is 17.5. The van der Waals surface area contributed by atoms with E-state index in [1.54, 1.807) is 31.4 Å². The number of halogens is 2. The molecule has 0 aliphatic rings. The van der Waals surface area contributed by atoms with Gasteiger partial charge in [-0.05, 0) is 35.9 Å². The third-order valence-electron chi connectivity index (χ3n) is 2.95. The highest BCUT2D eigenvalue weighted by molar-refractivity contribution is 5.92. The molecule has 0 saturated heterocycles. The molecule has 128 valence electrons. The van der Waals surface area contributed by atoms with Crippen molar-refractivity contribution in [3.8, 4) is 11.6 Å². The SMILES string of the molecule is COc1ccc(NC(N)=NCc2ccnc(OCC(F)F)c2)cc1. The molecule has 0 unspecified atom stereocenters. The lowest BCUT2D eigenvalue weighted by Crippen LogP contribution is -2.22. The average Bonchev–Trinajstić information content (AvgIpc) is 2.59. The van der Waals surface area contributed by atoms with Crippen molar-refractivity contribution in [2.45, 2.75) is 13.0 Å². The van der Waals surface area contributed by atoms with Crippen molar-refractivity contribution in [1.82, 2.24) is 4.98 Å². The van der Waals surface area contributed by atoms with Crippen molar-refractivity contribution in [1.29, 1.82) is 0 Å². The van der Waals surface area contributed by atoms with E-state index < -0.39 is 13.0 Å². The molecule has 24 heavy (non-hydrogen) atoms. The van der Waals surface area contributed by atoms with Crippen LogP contribution in [-0.2, 0) is 6.54 Å². The fraction of sp³-hybridized carbons (Fsp3) is 0.250. The number of aliphatic imine (C=N–C) groups is 1. The van der Waals surface area contributed by atoms with E-state index in [-0.39, 0.29) is 18.4 Å². The first-order chi connectivity index (χ1) is 11.6. The van der Waals surface area contributed by atoms with Gasteiger partial charge in [-0.15, -0.1) is 0 Å². The first-order valence-corrected chi connectivity index (χ1v) is 7.13. The molecule has 2 rings (SSSR count). The lowest BCUT2D eigenvalue weighted by Gasteiger charge is -2.07. The van der Waals surface area contributed by atoms with Crippen LogP contribution in [0.25, 0.3) is 0 Å². The molecular formula is C16H18F2N4O2. The molecule has 0 atom stereocenters. The van der Waals surface area contributed by atoms with Crippen LogP contribution in [0.3, 0.4) is 0 Å². The van der Waals surface area contributed by atoms with Gasteiger partial charge >= 0.3 is 0 Å². The van der Waals surface area contributed by atoms with Crippen molar-refractivity contribution in [2.24, 2.45) is 10.7 Å². The van der Waals surface area contributed by atoms with E-state index >= 15 is 0 Å². The van der Waals surface area contributed by atoms with Gasteiger partial charge in [0.05, 0.1) is 13.7 Å². The maximum atomic E-state index is 12.1. The van der Waals surface area contributed by atoms with Gasteiger partial charge in [0.1, 0.15) is 5.75 Å². The number of rotatable bonds is 7. The lowest BCUT2D eigenvalue weighted by molar-refractivity contribution is 0.0795. The van der Waals surface area contributed by atoms with Gasteiger partial charge in [-0.25, -0.2) is 18.8 Å². The predicted octanol–water partition coefficient (Wildman–Crippen LogP) is 2.66. The summed E-state index contributed by atoms with van der Waals surface area (Å²) in [5.74, 6) is 1.10. The summed E-state index contributed by atoms with van der Waals surface area (Å²) in [4.78, 5) is 8.05. The standard InChI is InChI=1S/C16H18F2N4O2/c1-23-13-4-2-12(3-5-13)22-16(19)21-9-11-6-7-20-15(8-11)24-10-14(17)18/h2-8,14H,9-10H2,1H3,(H3,19,21,22). The molecule has 0 aliphatic heterocycles. The number of methoxy groups -OCH3 is 1. The van der Waals surface area contributed by atoms with E-state index in [4.69, 9.17) is 15.2 Å². The Kier molecular flexibility index (Phi) is 6.30. The zero-order valence-corrected chi connectivity index (χ0v) is 13.1. The first-order valence-electron chi connectivity index (χ1n) is 7.13. The van der Waals surface area contributed by atoms with Crippen molar-refractivity contribution >= 4 is 11.6 Å². The maximum absolute atomic E-state index is 12.1. The summed E-state index contributed by atoms with van der Waals surface area (Å²) in [6.07, 6.45) is -1.07. The Bertz CT molecular complexity index is 678. The number of benzene rings is 1. The van der Waals surface area contributed by atoms with Gasteiger partial charge in [0.15, 0.2) is 12.6 Å². The Morgan fingerprint density at radius 2 is 2.04 bits per heavy atom. The van der Waals surface area contributed by atoms with Crippen molar-refractivity contribution in [3.05, 3.63) is 48.2 Å². The molecule has 1 heterocycles. The molecule has 1 aromatic heterocycles. The largest absolute Gasteiger partial charge is 0.497 e. The number of ether oxygens (including phenoxy) is 2. The Morgan fingerprint density at radius 3 is 2.71 bits per heavy atom. The Balaban J connectivity index is 1.92. The van der Waals surface area contributed by atoms with Crippen LogP contribution in [0.5, 0.6) is 11.6 Å². The number of guanidine groups is 1. The van der Waals surface area contributed by atoms with Crippen molar-refractivity contribution in [3.63, 3.8) is 0 Å². The number of hydrogen-bond acceptors (Lipinski definition) is 4. The molecule has 0 amide bonds. The van der Waals surface area contributed by atoms with Gasteiger partial charge in [-0.1, -0.05) is 0 Å². The van der Waals surface area contributed by atoms with Crippen molar-refractivity contribution < 1.29 is 18.3 Å². The van der Waals surface area contributed by atoms with E-state index in [1.807, 2.05) is 12.1 Å². The second-order valence-corrected chi connectivity index (χ2v) is 4.76. The van der Waals surface area contributed by atoms with E-state index in [0.29, 0.717) is 0 Å². The zero-order chi connectivity index (χ0) is 17.4. The monoisotopic (exact) mass is 336 g/mol. The average molecular weight is 336 g/mol. The van der Waals surface area contributed by atoms with Crippen LogP contribution in [0.1, 0.15) is 5.56 Å². The number of alkyl halides is 2. The lowest BCUT2D eigenvalue weighted by atomic mass is 10.3. The van der Waals surface area contributed by atoms with Gasteiger partial charge in [-0.2, -0.15) is 0 Å². The molecular weight excluding hydrogens is 318 g/mol. The van der Waals surface area contributed by atoms with Crippen LogP contribution in [0, 0.1) is 0 Å². The second kappa shape index (κ2) is 8.66. The highest BCUT2D eigenvalue weighted by Gasteiger charge is 2.05. The summed E-state index contributed by atoms with van der Waals surface area (Å²) in [6.45, 7) is -0.427.